The van der Waals surface area contributed by atoms with Crippen LogP contribution >= 0.6 is 23.7 Å². The second-order valence-electron chi connectivity index (χ2n) is 5.96. The zero-order valence-electron chi connectivity index (χ0n) is 14.2. The molecule has 3 rings (SSSR count). The molecule has 2 aromatic rings. The van der Waals surface area contributed by atoms with Crippen molar-refractivity contribution in [2.75, 3.05) is 26.2 Å². The molecule has 8 heteroatoms. The second kappa shape index (κ2) is 9.14. The molecule has 1 aliphatic heterocycles. The van der Waals surface area contributed by atoms with Crippen molar-refractivity contribution in [2.24, 2.45) is 11.5 Å². The summed E-state index contributed by atoms with van der Waals surface area (Å²) in [7, 11) is 0. The SMILES string of the molecule is Cl.NCCC1CN(C(=O)c2ccc(-c3csc(C(N)=O)c3)cc2)CCO1. The van der Waals surface area contributed by atoms with Crippen LogP contribution in [0.2, 0.25) is 0 Å². The Hall–Kier alpha value is -1.93. The molecule has 140 valence electrons. The van der Waals surface area contributed by atoms with E-state index in [1.165, 1.54) is 11.3 Å². The van der Waals surface area contributed by atoms with Crippen LogP contribution in [0.4, 0.5) is 0 Å². The van der Waals surface area contributed by atoms with E-state index in [1.54, 1.807) is 6.07 Å². The Morgan fingerprint density at radius 3 is 2.58 bits per heavy atom. The van der Waals surface area contributed by atoms with Crippen molar-refractivity contribution in [3.8, 4) is 11.1 Å². The van der Waals surface area contributed by atoms with Crippen molar-refractivity contribution >= 4 is 35.6 Å². The number of benzene rings is 1. The highest BCUT2D eigenvalue weighted by molar-refractivity contribution is 7.12. The Balaban J connectivity index is 0.00000243. The molecule has 0 bridgehead atoms. The molecule has 1 aromatic carbocycles. The normalized spacial score (nSPS) is 16.8. The summed E-state index contributed by atoms with van der Waals surface area (Å²) in [5.74, 6) is -0.428. The molecule has 2 heterocycles. The number of hydrogen-bond acceptors (Lipinski definition) is 5. The fourth-order valence-corrected chi connectivity index (χ4v) is 3.64. The van der Waals surface area contributed by atoms with Crippen LogP contribution in [0, 0.1) is 0 Å². The van der Waals surface area contributed by atoms with Crippen LogP contribution in [0.15, 0.2) is 35.7 Å². The van der Waals surface area contributed by atoms with Gasteiger partial charge in [-0.3, -0.25) is 9.59 Å². The lowest BCUT2D eigenvalue weighted by Gasteiger charge is -2.33. The van der Waals surface area contributed by atoms with Crippen LogP contribution in [0.3, 0.4) is 0 Å². The molecular weight excluding hydrogens is 374 g/mol. The Morgan fingerprint density at radius 1 is 1.23 bits per heavy atom. The number of nitrogens with two attached hydrogens (primary N) is 2. The number of carbonyl (C=O) groups excluding carboxylic acids is 2. The number of amides is 2. The highest BCUT2D eigenvalue weighted by Crippen LogP contribution is 2.26. The first-order valence-electron chi connectivity index (χ1n) is 8.18. The van der Waals surface area contributed by atoms with Crippen LogP contribution in [0.1, 0.15) is 26.5 Å². The smallest absolute Gasteiger partial charge is 0.258 e. The number of primary amides is 1. The van der Waals surface area contributed by atoms with Crippen LogP contribution in [-0.4, -0.2) is 49.1 Å². The molecule has 1 fully saturated rings. The topological polar surface area (TPSA) is 98.6 Å². The summed E-state index contributed by atoms with van der Waals surface area (Å²) in [6, 6.07) is 9.16. The molecule has 1 atom stereocenters. The minimum absolute atomic E-state index is 0. The van der Waals surface area contributed by atoms with Gasteiger partial charge in [-0.2, -0.15) is 0 Å². The third-order valence-corrected chi connectivity index (χ3v) is 5.17. The summed E-state index contributed by atoms with van der Waals surface area (Å²) < 4.78 is 5.62. The van der Waals surface area contributed by atoms with E-state index in [-0.39, 0.29) is 24.4 Å². The zero-order chi connectivity index (χ0) is 17.8. The maximum Gasteiger partial charge on any atom is 0.258 e. The predicted molar refractivity (Wildman–Crippen MR) is 105 cm³/mol. The van der Waals surface area contributed by atoms with Crippen molar-refractivity contribution < 1.29 is 14.3 Å². The first-order valence-corrected chi connectivity index (χ1v) is 9.06. The number of hydrogen-bond donors (Lipinski definition) is 2. The van der Waals surface area contributed by atoms with Gasteiger partial charge in [-0.05, 0) is 47.7 Å². The number of rotatable bonds is 5. The monoisotopic (exact) mass is 395 g/mol. The molecule has 4 N–H and O–H groups in total. The third-order valence-electron chi connectivity index (χ3n) is 4.22. The van der Waals surface area contributed by atoms with E-state index in [1.807, 2.05) is 34.5 Å². The molecule has 2 amide bonds. The lowest BCUT2D eigenvalue weighted by molar-refractivity contribution is -0.0236. The molecule has 0 spiro atoms. The van der Waals surface area contributed by atoms with Gasteiger partial charge in [0.05, 0.1) is 17.6 Å². The molecule has 0 aliphatic carbocycles. The highest BCUT2D eigenvalue weighted by Gasteiger charge is 2.24. The van der Waals surface area contributed by atoms with Gasteiger partial charge in [0.1, 0.15) is 0 Å². The highest BCUT2D eigenvalue weighted by atomic mass is 35.5. The molecule has 1 unspecified atom stereocenters. The number of morpholine rings is 1. The largest absolute Gasteiger partial charge is 0.374 e. The van der Waals surface area contributed by atoms with E-state index in [4.69, 9.17) is 16.2 Å². The summed E-state index contributed by atoms with van der Waals surface area (Å²) in [4.78, 5) is 26.2. The van der Waals surface area contributed by atoms with Crippen molar-refractivity contribution in [2.45, 2.75) is 12.5 Å². The molecule has 0 radical (unpaired) electrons. The third kappa shape index (κ3) is 4.62. The molecule has 1 aliphatic rings. The summed E-state index contributed by atoms with van der Waals surface area (Å²) in [6.07, 6.45) is 0.767. The van der Waals surface area contributed by atoms with E-state index < -0.39 is 5.91 Å². The van der Waals surface area contributed by atoms with Gasteiger partial charge in [0, 0.05) is 18.7 Å². The number of nitrogens with zero attached hydrogens (tertiary/aromatic N) is 1. The maximum atomic E-state index is 12.7. The van der Waals surface area contributed by atoms with E-state index in [0.717, 1.165) is 17.5 Å². The van der Waals surface area contributed by atoms with Gasteiger partial charge in [0.15, 0.2) is 0 Å². The first-order chi connectivity index (χ1) is 12.1. The quantitative estimate of drug-likeness (QED) is 0.810. The molecule has 1 saturated heterocycles. The first kappa shape index (κ1) is 20.4. The van der Waals surface area contributed by atoms with Gasteiger partial charge < -0.3 is 21.1 Å². The van der Waals surface area contributed by atoms with E-state index in [2.05, 4.69) is 0 Å². The van der Waals surface area contributed by atoms with Crippen molar-refractivity contribution in [3.63, 3.8) is 0 Å². The Morgan fingerprint density at radius 2 is 1.96 bits per heavy atom. The Labute approximate surface area is 162 Å². The molecule has 0 saturated carbocycles. The van der Waals surface area contributed by atoms with Crippen LogP contribution in [0.25, 0.3) is 11.1 Å². The van der Waals surface area contributed by atoms with Gasteiger partial charge in [-0.15, -0.1) is 23.7 Å². The van der Waals surface area contributed by atoms with Gasteiger partial charge in [-0.25, -0.2) is 0 Å². The van der Waals surface area contributed by atoms with Gasteiger partial charge >= 0.3 is 0 Å². The average molecular weight is 396 g/mol. The summed E-state index contributed by atoms with van der Waals surface area (Å²) in [5, 5.41) is 1.89. The van der Waals surface area contributed by atoms with Crippen LogP contribution in [0.5, 0.6) is 0 Å². The fraction of sp³-hybridized carbons (Fsp3) is 0.333. The number of thiophene rings is 1. The van der Waals surface area contributed by atoms with E-state index in [9.17, 15) is 9.59 Å². The fourth-order valence-electron chi connectivity index (χ4n) is 2.87. The van der Waals surface area contributed by atoms with Crippen LogP contribution in [-0.2, 0) is 4.74 Å². The standard InChI is InChI=1S/C18H21N3O3S.ClH/c19-6-5-15-10-21(7-8-24-15)18(23)13-3-1-12(2-4-13)14-9-16(17(20)22)25-11-14;/h1-4,9,11,15H,5-8,10,19H2,(H2,20,22);1H. The number of carbonyl (C=O) groups is 2. The minimum atomic E-state index is -0.428. The predicted octanol–water partition coefficient (Wildman–Crippen LogP) is 2.13. The van der Waals surface area contributed by atoms with Gasteiger partial charge in [0.25, 0.3) is 11.8 Å². The van der Waals surface area contributed by atoms with Gasteiger partial charge in [0.2, 0.25) is 0 Å². The average Bonchev–Trinajstić information content (AvgIpc) is 3.12. The molecule has 26 heavy (non-hydrogen) atoms. The Kier molecular flexibility index (Phi) is 7.16. The van der Waals surface area contributed by atoms with Gasteiger partial charge in [-0.1, -0.05) is 12.1 Å². The minimum Gasteiger partial charge on any atom is -0.374 e. The Bertz CT molecular complexity index is 761. The zero-order valence-corrected chi connectivity index (χ0v) is 15.9. The van der Waals surface area contributed by atoms with Crippen molar-refractivity contribution in [1.82, 2.24) is 4.90 Å². The molecule has 1 aromatic heterocycles. The maximum absolute atomic E-state index is 12.7. The molecular formula is C18H22ClN3O3S. The molecule has 6 nitrogen and oxygen atoms in total. The lowest BCUT2D eigenvalue weighted by atomic mass is 10.1. The number of ether oxygens (including phenoxy) is 1. The summed E-state index contributed by atoms with van der Waals surface area (Å²) in [5.41, 5.74) is 13.4. The van der Waals surface area contributed by atoms with E-state index in [0.29, 0.717) is 36.7 Å². The summed E-state index contributed by atoms with van der Waals surface area (Å²) in [6.45, 7) is 2.26. The van der Waals surface area contributed by atoms with Crippen LogP contribution < -0.4 is 11.5 Å². The number of halogens is 1. The van der Waals surface area contributed by atoms with Crippen molar-refractivity contribution in [3.05, 3.63) is 46.2 Å². The second-order valence-corrected chi connectivity index (χ2v) is 6.87. The summed E-state index contributed by atoms with van der Waals surface area (Å²) >= 11 is 1.32. The van der Waals surface area contributed by atoms with E-state index >= 15 is 0 Å². The lowest BCUT2D eigenvalue weighted by Crippen LogP contribution is -2.46. The van der Waals surface area contributed by atoms with Crippen molar-refractivity contribution in [1.29, 1.82) is 0 Å².